The Balaban J connectivity index is 8.01. The molecule has 0 fully saturated rings. The lowest BCUT2D eigenvalue weighted by Crippen LogP contribution is -2.46. The third kappa shape index (κ3) is 8.27. The third-order valence-electron chi connectivity index (χ3n) is 4.12. The summed E-state index contributed by atoms with van der Waals surface area (Å²) >= 11 is 0. The van der Waals surface area contributed by atoms with E-state index in [0.717, 1.165) is 56.4 Å². The van der Waals surface area contributed by atoms with Crippen molar-refractivity contribution < 1.29 is 61.7 Å². The molecule has 0 rings (SSSR count). The van der Waals surface area contributed by atoms with Crippen LogP contribution in [0.2, 0.25) is 0 Å². The van der Waals surface area contributed by atoms with E-state index < -0.39 is 51.7 Å². The van der Waals surface area contributed by atoms with Crippen molar-refractivity contribution in [2.24, 2.45) is 0 Å². The Morgan fingerprint density at radius 1 is 0.457 bits per heavy atom. The van der Waals surface area contributed by atoms with Crippen LogP contribution in [0.4, 0.5) is 52.7 Å². The summed E-state index contributed by atoms with van der Waals surface area (Å²) in [6.45, 7) is 0. The summed E-state index contributed by atoms with van der Waals surface area (Å²) in [5.74, 6) is 0. The van der Waals surface area contributed by atoms with E-state index >= 15 is 0 Å². The lowest BCUT2D eigenvalue weighted by Gasteiger charge is -2.43. The fourth-order valence-electron chi connectivity index (χ4n) is 2.57. The predicted octanol–water partition coefficient (Wildman–Crippen LogP) is 5.41. The first kappa shape index (κ1) is 34.6. The van der Waals surface area contributed by atoms with Gasteiger partial charge in [0.2, 0.25) is 0 Å². The first-order valence-corrected chi connectivity index (χ1v) is 12.3. The molecule has 35 heavy (non-hydrogen) atoms. The van der Waals surface area contributed by atoms with Gasteiger partial charge < -0.3 is 9.05 Å². The predicted molar refractivity (Wildman–Crippen MR) is 108 cm³/mol. The van der Waals surface area contributed by atoms with E-state index in [4.69, 9.17) is 0 Å². The fraction of sp³-hybridized carbons (Fsp3) is 0.933. The van der Waals surface area contributed by atoms with E-state index in [1.165, 1.54) is 0 Å². The number of alkyl halides is 12. The molecule has 0 saturated heterocycles. The maximum Gasteiger partial charge on any atom is 0.424 e. The normalized spacial score (nSPS) is 15.4. The van der Waals surface area contributed by atoms with Gasteiger partial charge in [-0.25, -0.2) is 0 Å². The highest BCUT2D eigenvalue weighted by molar-refractivity contribution is 7.80. The topological polar surface area (TPSA) is 31.4 Å². The van der Waals surface area contributed by atoms with Gasteiger partial charge in [-0.1, -0.05) is 0 Å². The number of hydrogen-bond donors (Lipinski definition) is 0. The van der Waals surface area contributed by atoms with Gasteiger partial charge in [-0.3, -0.25) is 18.7 Å². The second-order valence-corrected chi connectivity index (χ2v) is 14.3. The summed E-state index contributed by atoms with van der Waals surface area (Å²) in [6, 6.07) is 0. The molecule has 212 valence electrons. The van der Waals surface area contributed by atoms with Gasteiger partial charge in [0.15, 0.2) is 14.8 Å². The molecule has 0 aliphatic rings. The molecule has 0 spiro atoms. The van der Waals surface area contributed by atoms with Crippen molar-refractivity contribution in [2.75, 3.05) is 56.4 Å². The van der Waals surface area contributed by atoms with Crippen LogP contribution in [0, 0.1) is 0 Å². The van der Waals surface area contributed by atoms with E-state index in [0.29, 0.717) is 18.7 Å². The minimum Gasteiger partial charge on any atom is -0.306 e. The standard InChI is InChI=1S/C15H26F12N4O2P2/c1-28(2)34(29(3)4,32-10(12(16,17)18)13(19,20)21)9-35(30(5)6,31(7)8)33-11(14(22,23)24)15(25,26)27/h10-11H,1-8H3. The third-order valence-corrected chi connectivity index (χ3v) is 11.6. The molecule has 0 atom stereocenters. The van der Waals surface area contributed by atoms with Crippen LogP contribution in [-0.4, -0.2) is 117 Å². The highest BCUT2D eigenvalue weighted by Gasteiger charge is 2.62. The quantitative estimate of drug-likeness (QED) is 0.280. The van der Waals surface area contributed by atoms with Gasteiger partial charge in [-0.05, 0) is 61.6 Å². The van der Waals surface area contributed by atoms with Gasteiger partial charge in [-0.2, -0.15) is 52.7 Å². The maximum atomic E-state index is 13.3. The van der Waals surface area contributed by atoms with Gasteiger partial charge in [0.05, 0.1) is 0 Å². The highest BCUT2D eigenvalue weighted by Crippen LogP contribution is 2.63. The average Bonchev–Trinajstić information content (AvgIpc) is 2.55. The molecule has 0 saturated carbocycles. The number of nitrogens with zero attached hydrogens (tertiary/aromatic N) is 4. The Hall–Kier alpha value is -0.440. The molecular formula is C15H26F12N4O2P2. The Bertz CT molecular complexity index is 712. The number of hydrogen-bond acceptors (Lipinski definition) is 6. The lowest BCUT2D eigenvalue weighted by molar-refractivity contribution is -0.301. The number of halogens is 12. The minimum atomic E-state index is -6.03. The Kier molecular flexibility index (Phi) is 11.0. The zero-order valence-corrected chi connectivity index (χ0v) is 21.5. The Morgan fingerprint density at radius 2 is 0.629 bits per heavy atom. The smallest absolute Gasteiger partial charge is 0.306 e. The molecule has 0 aromatic rings. The van der Waals surface area contributed by atoms with Crippen molar-refractivity contribution >= 4 is 20.0 Å². The van der Waals surface area contributed by atoms with Crippen molar-refractivity contribution in [1.82, 2.24) is 18.7 Å². The molecule has 20 heteroatoms. The van der Waals surface area contributed by atoms with E-state index in [2.05, 4.69) is 14.2 Å². The summed E-state index contributed by atoms with van der Waals surface area (Å²) in [6.07, 6.45) is -33.0. The second-order valence-electron chi connectivity index (χ2n) is 7.71. The monoisotopic (exact) mass is 584 g/mol. The molecular weight excluding hydrogens is 558 g/mol. The van der Waals surface area contributed by atoms with E-state index in [-0.39, 0.29) is 0 Å². The average molecular weight is 584 g/mol. The molecule has 0 aromatic carbocycles. The molecule has 0 aromatic heterocycles. The fourth-order valence-corrected chi connectivity index (χ4v) is 10.4. The van der Waals surface area contributed by atoms with Crippen LogP contribution in [0.15, 0.2) is 0 Å². The van der Waals surface area contributed by atoms with Gasteiger partial charge in [0.25, 0.3) is 12.2 Å². The molecule has 0 unspecified atom stereocenters. The van der Waals surface area contributed by atoms with Crippen LogP contribution in [0.5, 0.6) is 0 Å². The highest BCUT2D eigenvalue weighted by atomic mass is 31.2. The zero-order chi connectivity index (χ0) is 28.6. The summed E-state index contributed by atoms with van der Waals surface area (Å²) in [5.41, 5.74) is 0. The molecule has 0 bridgehead atoms. The largest absolute Gasteiger partial charge is 0.424 e. The summed E-state index contributed by atoms with van der Waals surface area (Å²) in [4.78, 5) is 0. The Morgan fingerprint density at radius 3 is 0.743 bits per heavy atom. The SMILES string of the molecule is CN(C)P(=C=P(OC(C(F)(F)F)C(F)(F)F)(N(C)C)N(C)C)(OC(C(F)(F)F)C(F)(F)F)N(C)C. The molecule has 0 amide bonds. The lowest BCUT2D eigenvalue weighted by atomic mass is 10.3. The van der Waals surface area contributed by atoms with Crippen LogP contribution < -0.4 is 0 Å². The molecule has 0 aliphatic carbocycles. The van der Waals surface area contributed by atoms with Crippen molar-refractivity contribution in [2.45, 2.75) is 36.9 Å². The van der Waals surface area contributed by atoms with Crippen molar-refractivity contribution in [1.29, 1.82) is 0 Å². The molecule has 0 heterocycles. The van der Waals surface area contributed by atoms with E-state index in [1.54, 1.807) is 0 Å². The summed E-state index contributed by atoms with van der Waals surface area (Å²) in [5, 5.41) is 2.11. The van der Waals surface area contributed by atoms with Crippen LogP contribution in [0.3, 0.4) is 0 Å². The van der Waals surface area contributed by atoms with Crippen LogP contribution in [0.1, 0.15) is 0 Å². The van der Waals surface area contributed by atoms with Crippen molar-refractivity contribution in [3.63, 3.8) is 0 Å². The first-order valence-electron chi connectivity index (χ1n) is 9.08. The van der Waals surface area contributed by atoms with Crippen molar-refractivity contribution in [3.8, 4) is 0 Å². The van der Waals surface area contributed by atoms with Gasteiger partial charge in [-0.15, -0.1) is 0 Å². The van der Waals surface area contributed by atoms with Crippen LogP contribution >= 0.6 is 14.8 Å². The minimum absolute atomic E-state index is 0.679. The van der Waals surface area contributed by atoms with Crippen LogP contribution in [-0.2, 0) is 9.05 Å². The van der Waals surface area contributed by atoms with Crippen LogP contribution in [0.25, 0.3) is 0 Å². The van der Waals surface area contributed by atoms with Gasteiger partial charge in [0, 0.05) is 0 Å². The number of rotatable bonds is 8. The second kappa shape index (κ2) is 11.1. The van der Waals surface area contributed by atoms with Crippen molar-refractivity contribution in [3.05, 3.63) is 0 Å². The Labute approximate surface area is 194 Å². The molecule has 0 N–H and O–H groups in total. The summed E-state index contributed by atoms with van der Waals surface area (Å²) < 4.78 is 172. The molecule has 0 radical (unpaired) electrons. The summed E-state index contributed by atoms with van der Waals surface area (Å²) in [7, 11) is -1.87. The van der Waals surface area contributed by atoms with E-state index in [9.17, 15) is 52.7 Å². The zero-order valence-electron chi connectivity index (χ0n) is 19.7. The van der Waals surface area contributed by atoms with E-state index in [1.807, 2.05) is 0 Å². The van der Waals surface area contributed by atoms with Gasteiger partial charge in [0.1, 0.15) is 0 Å². The maximum absolute atomic E-state index is 13.3. The van der Waals surface area contributed by atoms with Gasteiger partial charge >= 0.3 is 24.7 Å². The molecule has 0 aliphatic heterocycles. The first-order chi connectivity index (χ1) is 15.2. The molecule has 6 nitrogen and oxygen atoms in total.